The Morgan fingerprint density at radius 2 is 1.82 bits per heavy atom. The molecule has 0 bridgehead atoms. The van der Waals surface area contributed by atoms with Crippen molar-refractivity contribution >= 4 is 22.6 Å². The number of fused-ring (bicyclic) bond motifs is 1. The molecule has 0 saturated carbocycles. The van der Waals surface area contributed by atoms with Gasteiger partial charge in [-0.1, -0.05) is 37.3 Å². The van der Waals surface area contributed by atoms with Crippen molar-refractivity contribution in [3.63, 3.8) is 0 Å². The highest BCUT2D eigenvalue weighted by atomic mass is 16.5. The van der Waals surface area contributed by atoms with E-state index in [0.717, 1.165) is 36.7 Å². The highest BCUT2D eigenvalue weighted by Gasteiger charge is 2.34. The number of carbonyl (C=O) groups excluding carboxylic acids is 2. The molecule has 2 amide bonds. The number of hydrogen-bond donors (Lipinski definition) is 1. The van der Waals surface area contributed by atoms with E-state index in [0.29, 0.717) is 48.5 Å². The Morgan fingerprint density at radius 1 is 1.03 bits per heavy atom. The van der Waals surface area contributed by atoms with Gasteiger partial charge in [0.1, 0.15) is 6.10 Å². The lowest BCUT2D eigenvalue weighted by Crippen LogP contribution is -2.38. The average molecular weight is 461 g/mol. The van der Waals surface area contributed by atoms with E-state index in [1.54, 1.807) is 12.4 Å². The van der Waals surface area contributed by atoms with E-state index in [1.165, 1.54) is 6.42 Å². The molecule has 34 heavy (non-hydrogen) atoms. The molecule has 5 rings (SSSR count). The van der Waals surface area contributed by atoms with E-state index in [2.05, 4.69) is 11.9 Å². The van der Waals surface area contributed by atoms with Crippen molar-refractivity contribution in [1.29, 1.82) is 0 Å². The third-order valence-electron chi connectivity index (χ3n) is 7.04. The number of rotatable bonds is 4. The van der Waals surface area contributed by atoms with Gasteiger partial charge in [0.05, 0.1) is 23.4 Å². The van der Waals surface area contributed by atoms with Crippen molar-refractivity contribution in [1.82, 2.24) is 14.8 Å². The highest BCUT2D eigenvalue weighted by Crippen LogP contribution is 2.32. The smallest absolute Gasteiger partial charge is 0.256 e. The third-order valence-corrected chi connectivity index (χ3v) is 7.04. The molecule has 2 aliphatic heterocycles. The zero-order chi connectivity index (χ0) is 23.7. The summed E-state index contributed by atoms with van der Waals surface area (Å²) in [7, 11) is 0. The predicted molar refractivity (Wildman–Crippen MR) is 131 cm³/mol. The van der Waals surface area contributed by atoms with Crippen molar-refractivity contribution in [2.24, 2.45) is 11.7 Å². The Kier molecular flexibility index (Phi) is 6.26. The van der Waals surface area contributed by atoms with Crippen molar-refractivity contribution in [3.8, 4) is 0 Å². The van der Waals surface area contributed by atoms with E-state index >= 15 is 0 Å². The van der Waals surface area contributed by atoms with Crippen LogP contribution >= 0.6 is 0 Å². The minimum absolute atomic E-state index is 0.0465. The zero-order valence-electron chi connectivity index (χ0n) is 19.7. The van der Waals surface area contributed by atoms with Crippen LogP contribution in [0.3, 0.4) is 0 Å². The molecule has 1 aliphatic carbocycles. The lowest BCUT2D eigenvalue weighted by molar-refractivity contribution is -0.128. The number of carbonyl (C=O) groups is 2. The summed E-state index contributed by atoms with van der Waals surface area (Å²) in [6, 6.07) is 7.78. The molecule has 2 fully saturated rings. The molecule has 2 N–H and O–H groups in total. The number of nitrogens with zero attached hydrogens (tertiary/aromatic N) is 3. The maximum absolute atomic E-state index is 13.3. The molecule has 7 nitrogen and oxygen atoms in total. The van der Waals surface area contributed by atoms with Crippen LogP contribution in [0.5, 0.6) is 0 Å². The third kappa shape index (κ3) is 4.39. The van der Waals surface area contributed by atoms with Gasteiger partial charge in [0, 0.05) is 43.8 Å². The first-order valence-corrected chi connectivity index (χ1v) is 12.3. The quantitative estimate of drug-likeness (QED) is 0.753. The van der Waals surface area contributed by atoms with Crippen molar-refractivity contribution < 1.29 is 14.3 Å². The Labute approximate surface area is 200 Å². The predicted octanol–water partition coefficient (Wildman–Crippen LogP) is 3.61. The highest BCUT2D eigenvalue weighted by molar-refractivity contribution is 6.06. The molecular formula is C27H32N4O3. The van der Waals surface area contributed by atoms with Gasteiger partial charge in [0.25, 0.3) is 11.8 Å². The number of allylic oxidation sites excluding steroid dienone is 1. The van der Waals surface area contributed by atoms with Gasteiger partial charge in [-0.15, -0.1) is 0 Å². The second-order valence-electron chi connectivity index (χ2n) is 9.65. The monoisotopic (exact) mass is 460 g/mol. The summed E-state index contributed by atoms with van der Waals surface area (Å²) < 4.78 is 6.37. The number of nitrogens with two attached hydrogens (primary N) is 1. The SMILES string of the molecule is CC1C=C(N)C(O[C@@H]2CCN(C(=O)c3cncc4ccccc34)C2)=C(C(=O)N2CCCCC2)C1. The van der Waals surface area contributed by atoms with Gasteiger partial charge in [0.2, 0.25) is 0 Å². The second kappa shape index (κ2) is 9.49. The summed E-state index contributed by atoms with van der Waals surface area (Å²) in [6.45, 7) is 4.70. The first-order valence-electron chi connectivity index (χ1n) is 12.3. The maximum Gasteiger partial charge on any atom is 0.256 e. The molecule has 178 valence electrons. The number of hydrogen-bond acceptors (Lipinski definition) is 5. The molecule has 2 saturated heterocycles. The number of amides is 2. The van der Waals surface area contributed by atoms with Crippen LogP contribution in [0.15, 0.2) is 59.8 Å². The van der Waals surface area contributed by atoms with Crippen LogP contribution in [-0.2, 0) is 9.53 Å². The molecule has 1 aromatic carbocycles. The summed E-state index contributed by atoms with van der Waals surface area (Å²) in [5.41, 5.74) is 8.18. The summed E-state index contributed by atoms with van der Waals surface area (Å²) in [4.78, 5) is 34.7. The van der Waals surface area contributed by atoms with Crippen LogP contribution in [0.2, 0.25) is 0 Å². The molecule has 2 aromatic rings. The van der Waals surface area contributed by atoms with Gasteiger partial charge in [-0.3, -0.25) is 14.6 Å². The summed E-state index contributed by atoms with van der Waals surface area (Å²) >= 11 is 0. The van der Waals surface area contributed by atoms with Gasteiger partial charge >= 0.3 is 0 Å². The lowest BCUT2D eigenvalue weighted by atomic mass is 9.91. The van der Waals surface area contributed by atoms with E-state index in [9.17, 15) is 9.59 Å². The van der Waals surface area contributed by atoms with Gasteiger partial charge < -0.3 is 20.3 Å². The fraction of sp³-hybridized carbons (Fsp3) is 0.444. The number of ether oxygens (including phenoxy) is 1. The molecule has 1 unspecified atom stereocenters. The molecule has 0 radical (unpaired) electrons. The minimum atomic E-state index is -0.202. The average Bonchev–Trinajstić information content (AvgIpc) is 3.33. The number of likely N-dealkylation sites (tertiary alicyclic amines) is 2. The molecule has 1 aromatic heterocycles. The van der Waals surface area contributed by atoms with Gasteiger partial charge in [0.15, 0.2) is 5.76 Å². The van der Waals surface area contributed by atoms with E-state index in [-0.39, 0.29) is 23.8 Å². The van der Waals surface area contributed by atoms with Crippen LogP contribution in [0.25, 0.3) is 10.8 Å². The molecule has 3 heterocycles. The molecule has 7 heteroatoms. The number of benzene rings is 1. The van der Waals surface area contributed by atoms with E-state index in [4.69, 9.17) is 10.5 Å². The van der Waals surface area contributed by atoms with Crippen molar-refractivity contribution in [2.45, 2.75) is 45.1 Å². The first kappa shape index (κ1) is 22.4. The number of aromatic nitrogens is 1. The van der Waals surface area contributed by atoms with Crippen molar-refractivity contribution in [3.05, 3.63) is 65.3 Å². The zero-order valence-corrected chi connectivity index (χ0v) is 19.7. The normalized spacial score (nSPS) is 23.3. The van der Waals surface area contributed by atoms with E-state index in [1.807, 2.05) is 40.1 Å². The van der Waals surface area contributed by atoms with Gasteiger partial charge in [-0.05, 0) is 37.0 Å². The van der Waals surface area contributed by atoms with Crippen LogP contribution in [-0.4, -0.2) is 58.9 Å². The minimum Gasteiger partial charge on any atom is -0.486 e. The largest absolute Gasteiger partial charge is 0.486 e. The van der Waals surface area contributed by atoms with Crippen LogP contribution in [0, 0.1) is 5.92 Å². The Bertz CT molecular complexity index is 1160. The van der Waals surface area contributed by atoms with Crippen LogP contribution < -0.4 is 5.73 Å². The lowest BCUT2D eigenvalue weighted by Gasteiger charge is -2.31. The molecule has 2 atom stereocenters. The van der Waals surface area contributed by atoms with E-state index < -0.39 is 0 Å². The summed E-state index contributed by atoms with van der Waals surface area (Å²) in [6.07, 6.45) is 9.76. The Hall–Kier alpha value is -3.35. The fourth-order valence-electron chi connectivity index (χ4n) is 5.27. The number of pyridine rings is 1. The first-order chi connectivity index (χ1) is 16.5. The topological polar surface area (TPSA) is 88.8 Å². The molecule has 0 spiro atoms. The Balaban J connectivity index is 1.34. The standard InChI is InChI=1S/C27H32N4O3/c1-18-13-22(26(32)30-10-5-2-6-11-30)25(24(28)14-18)34-20-9-12-31(17-20)27(33)23-16-29-15-19-7-3-4-8-21(19)23/h3-4,7-8,14-16,18,20H,2,5-6,9-13,17,28H2,1H3/t18?,20-/m1/s1. The van der Waals surface area contributed by atoms with Gasteiger partial charge in [-0.2, -0.15) is 0 Å². The number of piperidine rings is 1. The second-order valence-corrected chi connectivity index (χ2v) is 9.65. The summed E-state index contributed by atoms with van der Waals surface area (Å²) in [5.74, 6) is 0.705. The molecular weight excluding hydrogens is 428 g/mol. The van der Waals surface area contributed by atoms with Crippen molar-refractivity contribution in [2.75, 3.05) is 26.2 Å². The fourth-order valence-corrected chi connectivity index (χ4v) is 5.27. The maximum atomic E-state index is 13.3. The van der Waals surface area contributed by atoms with Crippen LogP contribution in [0.1, 0.15) is 49.4 Å². The van der Waals surface area contributed by atoms with Crippen LogP contribution in [0.4, 0.5) is 0 Å². The van der Waals surface area contributed by atoms with Gasteiger partial charge in [-0.25, -0.2) is 0 Å². The Morgan fingerprint density at radius 3 is 2.65 bits per heavy atom. The molecule has 3 aliphatic rings. The summed E-state index contributed by atoms with van der Waals surface area (Å²) in [5, 5.41) is 1.85.